The summed E-state index contributed by atoms with van der Waals surface area (Å²) in [6.07, 6.45) is 0. The second-order valence-electron chi connectivity index (χ2n) is 3.28. The van der Waals surface area contributed by atoms with E-state index in [1.54, 1.807) is 22.7 Å². The maximum absolute atomic E-state index is 5.15. The van der Waals surface area contributed by atoms with E-state index in [9.17, 15) is 0 Å². The van der Waals surface area contributed by atoms with Gasteiger partial charge in [0.05, 0.1) is 20.4 Å². The molecule has 0 bridgehead atoms. The fourth-order valence-corrected chi connectivity index (χ4v) is 4.17. The Morgan fingerprint density at radius 3 is 1.93 bits per heavy atom. The molecule has 0 amide bonds. The number of aryl methyl sites for hydroxylation is 1. The van der Waals surface area contributed by atoms with Crippen LogP contribution in [0, 0.1) is 14.8 Å². The average Bonchev–Trinajstić information content (AvgIpc) is 2.69. The van der Waals surface area contributed by atoms with Crippen molar-refractivity contribution in [1.82, 2.24) is 9.97 Å². The van der Waals surface area contributed by atoms with Crippen molar-refractivity contribution < 1.29 is 0 Å². The molecule has 3 rings (SSSR count). The van der Waals surface area contributed by atoms with Crippen LogP contribution in [0.5, 0.6) is 0 Å². The first-order chi connectivity index (χ1) is 7.15. The van der Waals surface area contributed by atoms with Gasteiger partial charge < -0.3 is 9.97 Å². The molecule has 0 aliphatic rings. The van der Waals surface area contributed by atoms with Crippen LogP contribution in [-0.2, 0) is 0 Å². The summed E-state index contributed by atoms with van der Waals surface area (Å²) in [6.45, 7) is 2.08. The van der Waals surface area contributed by atoms with Crippen LogP contribution in [0.15, 0.2) is 6.07 Å². The zero-order valence-corrected chi connectivity index (χ0v) is 11.0. The number of aromatic nitrogens is 2. The molecule has 0 aliphatic heterocycles. The SMILES string of the molecule is Cc1c2[nH]c(=S)sc2cc2sc(=S)[nH]c12. The maximum atomic E-state index is 5.15. The van der Waals surface area contributed by atoms with E-state index in [1.807, 2.05) is 0 Å². The Balaban J connectivity index is 2.68. The number of nitrogens with one attached hydrogen (secondary N) is 2. The van der Waals surface area contributed by atoms with Crippen molar-refractivity contribution in [3.63, 3.8) is 0 Å². The molecule has 2 heterocycles. The number of hydrogen-bond acceptors (Lipinski definition) is 4. The summed E-state index contributed by atoms with van der Waals surface area (Å²) in [5.41, 5.74) is 3.45. The molecule has 3 aromatic rings. The standard InChI is InChI=1S/C9H6N2S4/c1-3-6-4(14-8(12)10-6)2-5-7(3)11-9(13)15-5/h2H,1H3,(H,10,12)(H,11,13). The monoisotopic (exact) mass is 270 g/mol. The number of benzene rings is 1. The molecule has 0 saturated heterocycles. The van der Waals surface area contributed by atoms with Crippen LogP contribution >= 0.6 is 47.1 Å². The van der Waals surface area contributed by atoms with Crippen molar-refractivity contribution in [2.24, 2.45) is 0 Å². The van der Waals surface area contributed by atoms with Gasteiger partial charge in [-0.25, -0.2) is 0 Å². The van der Waals surface area contributed by atoms with Crippen LogP contribution in [0.1, 0.15) is 5.56 Å². The van der Waals surface area contributed by atoms with E-state index in [0.717, 1.165) is 18.9 Å². The first-order valence-electron chi connectivity index (χ1n) is 4.30. The third-order valence-corrected chi connectivity index (χ3v) is 4.73. The molecule has 2 nitrogen and oxygen atoms in total. The molecule has 0 radical (unpaired) electrons. The molecule has 0 saturated carbocycles. The largest absolute Gasteiger partial charge is 0.337 e. The third kappa shape index (κ3) is 1.40. The minimum Gasteiger partial charge on any atom is -0.337 e. The second-order valence-corrected chi connectivity index (χ2v) is 6.71. The van der Waals surface area contributed by atoms with Crippen molar-refractivity contribution >= 4 is 67.5 Å². The lowest BCUT2D eigenvalue weighted by Gasteiger charge is -1.96. The lowest BCUT2D eigenvalue weighted by molar-refractivity contribution is 1.39. The van der Waals surface area contributed by atoms with Crippen LogP contribution in [0.25, 0.3) is 20.4 Å². The summed E-state index contributed by atoms with van der Waals surface area (Å²) in [5, 5.41) is 0. The molecular weight excluding hydrogens is 264 g/mol. The van der Waals surface area contributed by atoms with Crippen molar-refractivity contribution in [3.8, 4) is 0 Å². The summed E-state index contributed by atoms with van der Waals surface area (Å²) in [5.74, 6) is 0. The quantitative estimate of drug-likeness (QED) is 0.588. The number of rotatable bonds is 0. The van der Waals surface area contributed by atoms with Crippen LogP contribution < -0.4 is 0 Å². The number of H-pyrrole nitrogens is 2. The fourth-order valence-electron chi connectivity index (χ4n) is 1.68. The zero-order valence-electron chi connectivity index (χ0n) is 7.71. The summed E-state index contributed by atoms with van der Waals surface area (Å²) in [6, 6.07) is 2.14. The van der Waals surface area contributed by atoms with Gasteiger partial charge in [0.2, 0.25) is 0 Å². The van der Waals surface area contributed by atoms with E-state index in [4.69, 9.17) is 24.4 Å². The highest BCUT2D eigenvalue weighted by Gasteiger charge is 2.08. The van der Waals surface area contributed by atoms with Gasteiger partial charge in [0, 0.05) is 0 Å². The third-order valence-electron chi connectivity index (χ3n) is 2.36. The van der Waals surface area contributed by atoms with E-state index in [-0.39, 0.29) is 0 Å². The van der Waals surface area contributed by atoms with Crippen molar-refractivity contribution in [1.29, 1.82) is 0 Å². The van der Waals surface area contributed by atoms with Gasteiger partial charge in [0.1, 0.15) is 0 Å². The normalized spacial score (nSPS) is 11.5. The smallest absolute Gasteiger partial charge is 0.159 e. The lowest BCUT2D eigenvalue weighted by atomic mass is 10.2. The van der Waals surface area contributed by atoms with Crippen LogP contribution in [0.3, 0.4) is 0 Å². The van der Waals surface area contributed by atoms with Gasteiger partial charge in [0.15, 0.2) is 7.91 Å². The van der Waals surface area contributed by atoms with Gasteiger partial charge in [0.25, 0.3) is 0 Å². The zero-order chi connectivity index (χ0) is 10.6. The van der Waals surface area contributed by atoms with Gasteiger partial charge in [-0.05, 0) is 43.0 Å². The van der Waals surface area contributed by atoms with Gasteiger partial charge in [-0.1, -0.05) is 0 Å². The Labute approximate surface area is 104 Å². The van der Waals surface area contributed by atoms with Crippen LogP contribution in [0.2, 0.25) is 0 Å². The first kappa shape index (κ1) is 9.65. The van der Waals surface area contributed by atoms with E-state index in [2.05, 4.69) is 23.0 Å². The molecule has 15 heavy (non-hydrogen) atoms. The first-order valence-corrected chi connectivity index (χ1v) is 6.75. The fraction of sp³-hybridized carbons (Fsp3) is 0.111. The predicted molar refractivity (Wildman–Crippen MR) is 72.3 cm³/mol. The van der Waals surface area contributed by atoms with Gasteiger partial charge in [-0.3, -0.25) is 0 Å². The summed E-state index contributed by atoms with van der Waals surface area (Å²) in [4.78, 5) is 6.42. The van der Waals surface area contributed by atoms with Crippen molar-refractivity contribution in [2.75, 3.05) is 0 Å². The highest BCUT2D eigenvalue weighted by Crippen LogP contribution is 2.31. The Hall–Kier alpha value is -0.560. The molecule has 6 heteroatoms. The summed E-state index contributed by atoms with van der Waals surface area (Å²) in [7, 11) is 0. The molecule has 1 aromatic carbocycles. The Kier molecular flexibility index (Phi) is 2.07. The Morgan fingerprint density at radius 1 is 1.00 bits per heavy atom. The number of thiazole rings is 2. The van der Waals surface area contributed by atoms with Crippen molar-refractivity contribution in [3.05, 3.63) is 19.5 Å². The molecule has 2 aromatic heterocycles. The number of fused-ring (bicyclic) bond motifs is 2. The van der Waals surface area contributed by atoms with E-state index >= 15 is 0 Å². The summed E-state index contributed by atoms with van der Waals surface area (Å²) < 4.78 is 4.05. The highest BCUT2D eigenvalue weighted by molar-refractivity contribution is 7.74. The van der Waals surface area contributed by atoms with Gasteiger partial charge in [-0.15, -0.1) is 22.7 Å². The topological polar surface area (TPSA) is 31.6 Å². The van der Waals surface area contributed by atoms with Crippen LogP contribution in [-0.4, -0.2) is 9.97 Å². The van der Waals surface area contributed by atoms with E-state index in [0.29, 0.717) is 0 Å². The molecular formula is C9H6N2S4. The molecule has 0 atom stereocenters. The van der Waals surface area contributed by atoms with E-state index < -0.39 is 0 Å². The summed E-state index contributed by atoms with van der Waals surface area (Å²) >= 11 is 13.5. The molecule has 0 aliphatic carbocycles. The predicted octanol–water partition coefficient (Wildman–Crippen LogP) is 4.54. The van der Waals surface area contributed by atoms with E-state index in [1.165, 1.54) is 15.0 Å². The highest BCUT2D eigenvalue weighted by atomic mass is 32.2. The second kappa shape index (κ2) is 3.21. The molecule has 0 fully saturated rings. The van der Waals surface area contributed by atoms with Gasteiger partial charge in [-0.2, -0.15) is 0 Å². The number of aromatic amines is 2. The minimum atomic E-state index is 0.823. The average molecular weight is 270 g/mol. The maximum Gasteiger partial charge on any atom is 0.159 e. The lowest BCUT2D eigenvalue weighted by Crippen LogP contribution is -1.79. The van der Waals surface area contributed by atoms with Crippen LogP contribution in [0.4, 0.5) is 0 Å². The molecule has 0 spiro atoms. The van der Waals surface area contributed by atoms with Crippen molar-refractivity contribution in [2.45, 2.75) is 6.92 Å². The van der Waals surface area contributed by atoms with Gasteiger partial charge >= 0.3 is 0 Å². The molecule has 0 unspecified atom stereocenters. The molecule has 76 valence electrons. The number of hydrogen-bond donors (Lipinski definition) is 2. The Morgan fingerprint density at radius 2 is 1.47 bits per heavy atom. The Bertz CT molecular complexity index is 708. The minimum absolute atomic E-state index is 0.823. The molecule has 2 N–H and O–H groups in total.